The molecule has 0 bridgehead atoms. The van der Waals surface area contributed by atoms with Crippen molar-refractivity contribution in [1.82, 2.24) is 14.6 Å². The maximum absolute atomic E-state index is 12.8. The van der Waals surface area contributed by atoms with Crippen LogP contribution in [0.15, 0.2) is 78.0 Å². The largest absolute Gasteiger partial charge is 0.311 e. The number of imidazole rings is 1. The first-order valence-electron chi connectivity index (χ1n) is 9.71. The number of hydrogen-bond acceptors (Lipinski definition) is 4. The molecule has 5 nitrogen and oxygen atoms in total. The van der Waals surface area contributed by atoms with E-state index in [4.69, 9.17) is 0 Å². The van der Waals surface area contributed by atoms with Crippen molar-refractivity contribution in [1.29, 1.82) is 0 Å². The minimum absolute atomic E-state index is 0.125. The van der Waals surface area contributed by atoms with E-state index in [0.717, 1.165) is 47.0 Å². The third-order valence-electron chi connectivity index (χ3n) is 5.12. The van der Waals surface area contributed by atoms with Gasteiger partial charge in [-0.25, -0.2) is 9.50 Å². The van der Waals surface area contributed by atoms with E-state index in [9.17, 15) is 4.79 Å². The molecule has 0 N–H and O–H groups in total. The standard InChI is InChI=1S/C23H20N4OS/c28-23(26-14-6-10-18-9-4-5-11-20(18)26)16-29-22-13-12-21-24-19(15-27(21)25-22)17-7-2-1-3-8-17/h1-5,7-9,11-13,15H,6,10,14,16H2. The number of para-hydroxylation sites is 1. The highest BCUT2D eigenvalue weighted by Crippen LogP contribution is 2.28. The number of fused-ring (bicyclic) bond motifs is 2. The molecule has 0 saturated heterocycles. The fourth-order valence-corrected chi connectivity index (χ4v) is 4.43. The van der Waals surface area contributed by atoms with Crippen molar-refractivity contribution in [3.05, 3.63) is 78.5 Å². The molecule has 29 heavy (non-hydrogen) atoms. The third-order valence-corrected chi connectivity index (χ3v) is 6.02. The minimum atomic E-state index is 0.125. The Morgan fingerprint density at radius 1 is 1.00 bits per heavy atom. The SMILES string of the molecule is O=C(CSc1ccc2nc(-c3ccccc3)cn2n1)N1CCCc2ccccc21. The second kappa shape index (κ2) is 7.72. The second-order valence-electron chi connectivity index (χ2n) is 7.03. The van der Waals surface area contributed by atoms with Crippen molar-refractivity contribution in [2.45, 2.75) is 17.9 Å². The van der Waals surface area contributed by atoms with Gasteiger partial charge < -0.3 is 4.90 Å². The summed E-state index contributed by atoms with van der Waals surface area (Å²) >= 11 is 1.47. The average Bonchev–Trinajstić information content (AvgIpc) is 3.21. The number of anilines is 1. The van der Waals surface area contributed by atoms with E-state index < -0.39 is 0 Å². The number of aryl methyl sites for hydroxylation is 1. The fraction of sp³-hybridized carbons (Fsp3) is 0.174. The number of carbonyl (C=O) groups excluding carboxylic acids is 1. The second-order valence-corrected chi connectivity index (χ2v) is 8.03. The van der Waals surface area contributed by atoms with Gasteiger partial charge in [0, 0.05) is 17.8 Å². The van der Waals surface area contributed by atoms with Crippen LogP contribution in [-0.2, 0) is 11.2 Å². The van der Waals surface area contributed by atoms with Gasteiger partial charge in [-0.2, -0.15) is 5.10 Å². The summed E-state index contributed by atoms with van der Waals surface area (Å²) in [5.74, 6) is 0.493. The number of aromatic nitrogens is 3. The van der Waals surface area contributed by atoms with Crippen molar-refractivity contribution in [2.75, 3.05) is 17.2 Å². The van der Waals surface area contributed by atoms with E-state index in [1.54, 1.807) is 4.52 Å². The molecule has 2 aromatic heterocycles. The van der Waals surface area contributed by atoms with Crippen LogP contribution >= 0.6 is 11.8 Å². The number of thioether (sulfide) groups is 1. The van der Waals surface area contributed by atoms with Crippen LogP contribution in [-0.4, -0.2) is 32.8 Å². The quantitative estimate of drug-likeness (QED) is 0.474. The van der Waals surface area contributed by atoms with Crippen LogP contribution in [0, 0.1) is 0 Å². The Morgan fingerprint density at radius 2 is 1.83 bits per heavy atom. The Kier molecular flexibility index (Phi) is 4.77. The van der Waals surface area contributed by atoms with Gasteiger partial charge in [-0.05, 0) is 36.6 Å². The molecule has 144 valence electrons. The number of benzene rings is 2. The molecule has 5 rings (SSSR count). The van der Waals surface area contributed by atoms with Gasteiger partial charge in [0.1, 0.15) is 5.03 Å². The highest BCUT2D eigenvalue weighted by molar-refractivity contribution is 7.99. The molecule has 0 spiro atoms. The van der Waals surface area contributed by atoms with Gasteiger partial charge in [0.2, 0.25) is 5.91 Å². The zero-order valence-electron chi connectivity index (χ0n) is 15.9. The predicted octanol–water partition coefficient (Wildman–Crippen LogP) is 4.47. The lowest BCUT2D eigenvalue weighted by Crippen LogP contribution is -2.36. The van der Waals surface area contributed by atoms with Gasteiger partial charge >= 0.3 is 0 Å². The normalized spacial score (nSPS) is 13.4. The summed E-state index contributed by atoms with van der Waals surface area (Å²) in [5, 5.41) is 5.44. The van der Waals surface area contributed by atoms with Crippen molar-refractivity contribution in [2.24, 2.45) is 0 Å². The zero-order chi connectivity index (χ0) is 19.6. The minimum Gasteiger partial charge on any atom is -0.311 e. The number of amides is 1. The molecule has 0 radical (unpaired) electrons. The predicted molar refractivity (Wildman–Crippen MR) is 116 cm³/mol. The van der Waals surface area contributed by atoms with Gasteiger partial charge in [0.05, 0.1) is 17.6 Å². The molecule has 3 heterocycles. The van der Waals surface area contributed by atoms with Gasteiger partial charge in [-0.1, -0.05) is 60.3 Å². The maximum atomic E-state index is 12.8. The number of nitrogens with zero attached hydrogens (tertiary/aromatic N) is 4. The Labute approximate surface area is 173 Å². The molecule has 1 amide bonds. The summed E-state index contributed by atoms with van der Waals surface area (Å²) in [4.78, 5) is 19.4. The molecule has 4 aromatic rings. The van der Waals surface area contributed by atoms with E-state index in [1.807, 2.05) is 71.8 Å². The van der Waals surface area contributed by atoms with E-state index in [-0.39, 0.29) is 5.91 Å². The first kappa shape index (κ1) is 17.9. The van der Waals surface area contributed by atoms with Crippen LogP contribution in [0.2, 0.25) is 0 Å². The molecular formula is C23H20N4OS. The lowest BCUT2D eigenvalue weighted by molar-refractivity contribution is -0.116. The summed E-state index contributed by atoms with van der Waals surface area (Å²) < 4.78 is 1.78. The lowest BCUT2D eigenvalue weighted by atomic mass is 10.0. The first-order valence-corrected chi connectivity index (χ1v) is 10.7. The average molecular weight is 401 g/mol. The van der Waals surface area contributed by atoms with Gasteiger partial charge in [-0.3, -0.25) is 4.79 Å². The summed E-state index contributed by atoms with van der Waals surface area (Å²) in [6, 6.07) is 22.1. The zero-order valence-corrected chi connectivity index (χ0v) is 16.7. The molecule has 6 heteroatoms. The molecule has 0 atom stereocenters. The highest BCUT2D eigenvalue weighted by Gasteiger charge is 2.22. The van der Waals surface area contributed by atoms with Gasteiger partial charge in [0.25, 0.3) is 0 Å². The van der Waals surface area contributed by atoms with E-state index in [2.05, 4.69) is 16.1 Å². The Morgan fingerprint density at radius 3 is 2.72 bits per heavy atom. The Balaban J connectivity index is 1.32. The molecule has 0 unspecified atom stereocenters. The van der Waals surface area contributed by atoms with E-state index in [1.165, 1.54) is 17.3 Å². The molecule has 0 fully saturated rings. The molecule has 0 saturated carbocycles. The molecular weight excluding hydrogens is 380 g/mol. The van der Waals surface area contributed by atoms with Crippen LogP contribution in [0.25, 0.3) is 16.9 Å². The number of hydrogen-bond donors (Lipinski definition) is 0. The van der Waals surface area contributed by atoms with Crippen LogP contribution in [0.3, 0.4) is 0 Å². The fourth-order valence-electron chi connectivity index (χ4n) is 3.70. The molecule has 2 aromatic carbocycles. The molecule has 1 aliphatic heterocycles. The van der Waals surface area contributed by atoms with Crippen LogP contribution in [0.1, 0.15) is 12.0 Å². The van der Waals surface area contributed by atoms with Crippen molar-refractivity contribution in [3.63, 3.8) is 0 Å². The van der Waals surface area contributed by atoms with Gasteiger partial charge in [-0.15, -0.1) is 0 Å². The lowest BCUT2D eigenvalue weighted by Gasteiger charge is -2.29. The Bertz CT molecular complexity index is 1170. The monoisotopic (exact) mass is 400 g/mol. The number of carbonyl (C=O) groups is 1. The van der Waals surface area contributed by atoms with Gasteiger partial charge in [0.15, 0.2) is 5.65 Å². The maximum Gasteiger partial charge on any atom is 0.237 e. The van der Waals surface area contributed by atoms with Crippen molar-refractivity contribution in [3.8, 4) is 11.3 Å². The summed E-state index contributed by atoms with van der Waals surface area (Å²) in [6.45, 7) is 0.783. The highest BCUT2D eigenvalue weighted by atomic mass is 32.2. The molecule has 0 aliphatic carbocycles. The number of rotatable bonds is 4. The smallest absolute Gasteiger partial charge is 0.237 e. The van der Waals surface area contributed by atoms with E-state index >= 15 is 0 Å². The van der Waals surface area contributed by atoms with Crippen LogP contribution in [0.4, 0.5) is 5.69 Å². The van der Waals surface area contributed by atoms with Crippen LogP contribution < -0.4 is 4.90 Å². The summed E-state index contributed by atoms with van der Waals surface area (Å²) in [6.07, 6.45) is 3.97. The topological polar surface area (TPSA) is 50.5 Å². The van der Waals surface area contributed by atoms with E-state index in [0.29, 0.717) is 5.75 Å². The first-order chi connectivity index (χ1) is 14.3. The summed E-state index contributed by atoms with van der Waals surface area (Å²) in [5.41, 5.74) is 5.05. The molecule has 1 aliphatic rings. The third kappa shape index (κ3) is 3.63. The summed E-state index contributed by atoms with van der Waals surface area (Å²) in [7, 11) is 0. The Hall–Kier alpha value is -3.12. The van der Waals surface area contributed by atoms with Crippen LogP contribution in [0.5, 0.6) is 0 Å². The van der Waals surface area contributed by atoms with Crippen molar-refractivity contribution < 1.29 is 4.79 Å². The van der Waals surface area contributed by atoms with Crippen molar-refractivity contribution >= 4 is 29.0 Å².